The number of carbonyl (C=O) groups is 1. The van der Waals surface area contributed by atoms with Crippen LogP contribution in [0.3, 0.4) is 0 Å². The van der Waals surface area contributed by atoms with E-state index in [1.54, 1.807) is 0 Å². The lowest BCUT2D eigenvalue weighted by atomic mass is 10.1. The molecule has 0 aromatic carbocycles. The summed E-state index contributed by atoms with van der Waals surface area (Å²) in [4.78, 5) is 15.2. The van der Waals surface area contributed by atoms with Crippen LogP contribution in [0.1, 0.15) is 24.3 Å². The average Bonchev–Trinajstić information content (AvgIpc) is 2.87. The Morgan fingerprint density at radius 2 is 2.10 bits per heavy atom. The molecule has 0 saturated heterocycles. The fourth-order valence-corrected chi connectivity index (χ4v) is 3.97. The first-order valence-electron chi connectivity index (χ1n) is 5.86. The Kier molecular flexibility index (Phi) is 6.06. The minimum absolute atomic E-state index is 0.0409. The van der Waals surface area contributed by atoms with Gasteiger partial charge in [-0.15, -0.1) is 11.3 Å². The van der Waals surface area contributed by atoms with Gasteiger partial charge in [-0.2, -0.15) is 0 Å². The van der Waals surface area contributed by atoms with Crippen molar-refractivity contribution in [3.63, 3.8) is 0 Å². The Morgan fingerprint density at radius 1 is 1.45 bits per heavy atom. The lowest BCUT2D eigenvalue weighted by Gasteiger charge is -2.20. The summed E-state index contributed by atoms with van der Waals surface area (Å²) in [5.41, 5.74) is 1.09. The molecule has 1 unspecified atom stereocenters. The van der Waals surface area contributed by atoms with Crippen LogP contribution in [0.25, 0.3) is 0 Å². The second-order valence-corrected chi connectivity index (χ2v) is 7.17. The quantitative estimate of drug-likeness (QED) is 0.749. The van der Waals surface area contributed by atoms with Crippen molar-refractivity contribution in [3.05, 3.63) is 11.2 Å². The van der Waals surface area contributed by atoms with E-state index in [9.17, 15) is 13.2 Å². The van der Waals surface area contributed by atoms with E-state index < -0.39 is 22.0 Å². The van der Waals surface area contributed by atoms with Gasteiger partial charge in [0.05, 0.1) is 19.2 Å². The zero-order chi connectivity index (χ0) is 15.3. The summed E-state index contributed by atoms with van der Waals surface area (Å²) in [5, 5.41) is 0. The molecule has 0 aliphatic heterocycles. The molecule has 20 heavy (non-hydrogen) atoms. The van der Waals surface area contributed by atoms with Crippen LogP contribution < -0.4 is 4.72 Å². The molecule has 1 heterocycles. The predicted octanol–water partition coefficient (Wildman–Crippen LogP) is 0.879. The van der Waals surface area contributed by atoms with Crippen LogP contribution in [0, 0.1) is 5.92 Å². The highest BCUT2D eigenvalue weighted by molar-refractivity contribution is 7.91. The molecule has 1 N–H and O–H groups in total. The number of methoxy groups -OCH3 is 2. The molecule has 0 spiro atoms. The van der Waals surface area contributed by atoms with Crippen LogP contribution in [0.2, 0.25) is 0 Å². The highest BCUT2D eigenvalue weighted by Gasteiger charge is 2.29. The zero-order valence-electron chi connectivity index (χ0n) is 11.7. The van der Waals surface area contributed by atoms with Crippen molar-refractivity contribution in [2.75, 3.05) is 20.8 Å². The number of hydrogen-bond donors (Lipinski definition) is 1. The first kappa shape index (κ1) is 17.0. The molecule has 114 valence electrons. The summed E-state index contributed by atoms with van der Waals surface area (Å²) in [6.45, 7) is 3.99. The SMILES string of the molecule is COCC(NS(=O)(=O)c1scnc1C(=O)OC)C(C)C. The van der Waals surface area contributed by atoms with Gasteiger partial charge in [0.15, 0.2) is 9.90 Å². The molecule has 0 aliphatic carbocycles. The molecule has 7 nitrogen and oxygen atoms in total. The van der Waals surface area contributed by atoms with Gasteiger partial charge in [0, 0.05) is 13.2 Å². The van der Waals surface area contributed by atoms with Crippen LogP contribution in [-0.4, -0.2) is 46.2 Å². The van der Waals surface area contributed by atoms with Crippen molar-refractivity contribution in [2.24, 2.45) is 5.92 Å². The van der Waals surface area contributed by atoms with Gasteiger partial charge in [0.2, 0.25) is 0 Å². The Morgan fingerprint density at radius 3 is 2.60 bits per heavy atom. The number of thiazole rings is 1. The summed E-state index contributed by atoms with van der Waals surface area (Å²) >= 11 is 0.869. The Hall–Kier alpha value is -1.03. The summed E-state index contributed by atoms with van der Waals surface area (Å²) < 4.78 is 36.5. The smallest absolute Gasteiger partial charge is 0.358 e. The molecule has 0 fully saturated rings. The predicted molar refractivity (Wildman–Crippen MR) is 74.3 cm³/mol. The lowest BCUT2D eigenvalue weighted by molar-refractivity contribution is 0.0590. The molecular weight excluding hydrogens is 304 g/mol. The van der Waals surface area contributed by atoms with E-state index in [4.69, 9.17) is 4.74 Å². The number of nitrogens with one attached hydrogen (secondary N) is 1. The largest absolute Gasteiger partial charge is 0.464 e. The normalized spacial score (nSPS) is 13.4. The minimum Gasteiger partial charge on any atom is -0.464 e. The van der Waals surface area contributed by atoms with E-state index in [0.717, 1.165) is 11.3 Å². The molecule has 9 heteroatoms. The van der Waals surface area contributed by atoms with Crippen LogP contribution >= 0.6 is 11.3 Å². The molecule has 1 atom stereocenters. The molecule has 1 rings (SSSR count). The van der Waals surface area contributed by atoms with Gasteiger partial charge in [0.1, 0.15) is 0 Å². The molecule has 0 radical (unpaired) electrons. The Bertz CT molecular complexity index is 553. The molecule has 0 bridgehead atoms. The van der Waals surface area contributed by atoms with Gasteiger partial charge in [-0.25, -0.2) is 22.9 Å². The molecule has 1 aromatic rings. The minimum atomic E-state index is -3.84. The third-order valence-electron chi connectivity index (χ3n) is 2.62. The fourth-order valence-electron chi connectivity index (χ4n) is 1.45. The maximum absolute atomic E-state index is 12.3. The number of aromatic nitrogens is 1. The Labute approximate surface area is 122 Å². The second kappa shape index (κ2) is 7.11. The molecule has 0 saturated carbocycles. The second-order valence-electron chi connectivity index (χ2n) is 4.41. The standard InChI is InChI=1S/C11H18N2O5S2/c1-7(2)8(5-17-3)13-20(15,16)11-9(10(14)18-4)12-6-19-11/h6-8,13H,5H2,1-4H3. The maximum Gasteiger partial charge on any atom is 0.358 e. The van der Waals surface area contributed by atoms with E-state index in [2.05, 4.69) is 14.4 Å². The van der Waals surface area contributed by atoms with Crippen molar-refractivity contribution in [1.29, 1.82) is 0 Å². The first-order chi connectivity index (χ1) is 9.33. The monoisotopic (exact) mass is 322 g/mol. The van der Waals surface area contributed by atoms with E-state index in [-0.39, 0.29) is 22.4 Å². The van der Waals surface area contributed by atoms with E-state index in [0.29, 0.717) is 0 Å². The lowest BCUT2D eigenvalue weighted by Crippen LogP contribution is -2.41. The van der Waals surface area contributed by atoms with Gasteiger partial charge in [-0.3, -0.25) is 0 Å². The third-order valence-corrected chi connectivity index (χ3v) is 5.47. The highest BCUT2D eigenvalue weighted by Crippen LogP contribution is 2.21. The number of hydrogen-bond acceptors (Lipinski definition) is 7. The van der Waals surface area contributed by atoms with Crippen molar-refractivity contribution < 1.29 is 22.7 Å². The summed E-state index contributed by atoms with van der Waals surface area (Å²) in [6, 6.07) is -0.391. The van der Waals surface area contributed by atoms with Crippen LogP contribution in [0.4, 0.5) is 0 Å². The molecule has 1 aromatic heterocycles. The van der Waals surface area contributed by atoms with Crippen molar-refractivity contribution >= 4 is 27.3 Å². The van der Waals surface area contributed by atoms with Gasteiger partial charge < -0.3 is 9.47 Å². The number of esters is 1. The molecular formula is C11H18N2O5S2. The fraction of sp³-hybridized carbons (Fsp3) is 0.636. The van der Waals surface area contributed by atoms with Gasteiger partial charge in [-0.1, -0.05) is 13.8 Å². The third kappa shape index (κ3) is 3.98. The number of carbonyl (C=O) groups excluding carboxylic acids is 1. The number of rotatable bonds is 7. The van der Waals surface area contributed by atoms with E-state index in [1.807, 2.05) is 13.8 Å². The molecule has 0 amide bonds. The maximum atomic E-state index is 12.3. The van der Waals surface area contributed by atoms with Crippen LogP contribution in [-0.2, 0) is 19.5 Å². The zero-order valence-corrected chi connectivity index (χ0v) is 13.4. The molecule has 0 aliphatic rings. The summed E-state index contributed by atoms with van der Waals surface area (Å²) in [7, 11) is -1.17. The van der Waals surface area contributed by atoms with Crippen LogP contribution in [0.15, 0.2) is 9.72 Å². The van der Waals surface area contributed by atoms with Crippen molar-refractivity contribution in [2.45, 2.75) is 24.1 Å². The number of sulfonamides is 1. The highest BCUT2D eigenvalue weighted by atomic mass is 32.2. The van der Waals surface area contributed by atoms with E-state index in [1.165, 1.54) is 19.7 Å². The topological polar surface area (TPSA) is 94.6 Å². The van der Waals surface area contributed by atoms with Crippen LogP contribution in [0.5, 0.6) is 0 Å². The van der Waals surface area contributed by atoms with E-state index >= 15 is 0 Å². The van der Waals surface area contributed by atoms with Crippen molar-refractivity contribution in [3.8, 4) is 0 Å². The van der Waals surface area contributed by atoms with Crippen molar-refractivity contribution in [1.82, 2.24) is 9.71 Å². The number of ether oxygens (including phenoxy) is 2. The first-order valence-corrected chi connectivity index (χ1v) is 8.22. The van der Waals surface area contributed by atoms with Gasteiger partial charge in [-0.05, 0) is 5.92 Å². The van der Waals surface area contributed by atoms with Gasteiger partial charge >= 0.3 is 5.97 Å². The summed E-state index contributed by atoms with van der Waals surface area (Å²) in [6.07, 6.45) is 0. The van der Waals surface area contributed by atoms with Gasteiger partial charge in [0.25, 0.3) is 10.0 Å². The average molecular weight is 322 g/mol. The summed E-state index contributed by atoms with van der Waals surface area (Å²) in [5.74, 6) is -0.737. The Balaban J connectivity index is 3.05. The number of nitrogens with zero attached hydrogens (tertiary/aromatic N) is 1.